The normalized spacial score (nSPS) is 10.3. The number of benzene rings is 1. The van der Waals surface area contributed by atoms with Crippen molar-refractivity contribution in [3.05, 3.63) is 29.6 Å². The highest BCUT2D eigenvalue weighted by atomic mass is 19.1. The third-order valence-electron chi connectivity index (χ3n) is 2.67. The Morgan fingerprint density at radius 3 is 2.76 bits per heavy atom. The Hall–Kier alpha value is -1.38. The van der Waals surface area contributed by atoms with Crippen LogP contribution in [-0.4, -0.2) is 12.9 Å². The molecule has 1 aromatic carbocycles. The summed E-state index contributed by atoms with van der Waals surface area (Å²) in [5, 5.41) is 0. The number of rotatable bonds is 7. The topological polar surface area (TPSA) is 26.3 Å². The lowest BCUT2D eigenvalue weighted by Crippen LogP contribution is -1.99. The van der Waals surface area contributed by atoms with E-state index in [0.717, 1.165) is 18.4 Å². The summed E-state index contributed by atoms with van der Waals surface area (Å²) >= 11 is 0. The van der Waals surface area contributed by atoms with Crippen LogP contribution in [0.2, 0.25) is 0 Å². The first-order valence-corrected chi connectivity index (χ1v) is 6.01. The van der Waals surface area contributed by atoms with E-state index in [-0.39, 0.29) is 11.6 Å². The average molecular weight is 238 g/mol. The van der Waals surface area contributed by atoms with E-state index in [1.165, 1.54) is 12.1 Å². The first kappa shape index (κ1) is 13.7. The van der Waals surface area contributed by atoms with Crippen LogP contribution >= 0.6 is 0 Å². The lowest BCUT2D eigenvalue weighted by molar-refractivity contribution is -0.119. The van der Waals surface area contributed by atoms with E-state index in [9.17, 15) is 9.18 Å². The van der Waals surface area contributed by atoms with Gasteiger partial charge in [0.25, 0.3) is 0 Å². The molecule has 1 rings (SSSR count). The van der Waals surface area contributed by atoms with Crippen LogP contribution in [0.25, 0.3) is 0 Å². The molecule has 0 aliphatic rings. The second-order valence-corrected chi connectivity index (χ2v) is 4.10. The Bertz CT molecular complexity index is 374. The molecule has 2 nitrogen and oxygen atoms in total. The number of ketones is 1. The molecule has 0 saturated heterocycles. The Morgan fingerprint density at radius 1 is 1.35 bits per heavy atom. The second-order valence-electron chi connectivity index (χ2n) is 4.10. The number of halogens is 1. The lowest BCUT2D eigenvalue weighted by Gasteiger charge is -2.08. The van der Waals surface area contributed by atoms with Crippen LogP contribution in [0.1, 0.15) is 38.2 Å². The minimum absolute atomic E-state index is 0.263. The molecule has 17 heavy (non-hydrogen) atoms. The SMILES string of the molecule is CCCC(=O)CCCc1cc(F)ccc1OC. The van der Waals surface area contributed by atoms with Crippen LogP contribution in [0.15, 0.2) is 18.2 Å². The van der Waals surface area contributed by atoms with Gasteiger partial charge >= 0.3 is 0 Å². The molecule has 0 aromatic heterocycles. The Balaban J connectivity index is 2.50. The van der Waals surface area contributed by atoms with Gasteiger partial charge in [0.2, 0.25) is 0 Å². The summed E-state index contributed by atoms with van der Waals surface area (Å²) in [6, 6.07) is 4.48. The van der Waals surface area contributed by atoms with Gasteiger partial charge in [-0.1, -0.05) is 6.92 Å². The molecule has 0 atom stereocenters. The molecule has 0 aliphatic carbocycles. The van der Waals surface area contributed by atoms with Gasteiger partial charge in [-0.3, -0.25) is 4.79 Å². The van der Waals surface area contributed by atoms with Crippen LogP contribution in [0.3, 0.4) is 0 Å². The van der Waals surface area contributed by atoms with E-state index in [1.807, 2.05) is 6.92 Å². The molecule has 0 aliphatic heterocycles. The fraction of sp³-hybridized carbons (Fsp3) is 0.500. The van der Waals surface area contributed by atoms with Gasteiger partial charge in [-0.25, -0.2) is 4.39 Å². The summed E-state index contributed by atoms with van der Waals surface area (Å²) in [7, 11) is 1.57. The highest BCUT2D eigenvalue weighted by Gasteiger charge is 2.06. The van der Waals surface area contributed by atoms with Gasteiger partial charge in [0.1, 0.15) is 17.3 Å². The van der Waals surface area contributed by atoms with Crippen molar-refractivity contribution in [2.24, 2.45) is 0 Å². The summed E-state index contributed by atoms with van der Waals surface area (Å²) in [6.45, 7) is 1.99. The van der Waals surface area contributed by atoms with Crippen LogP contribution in [0.5, 0.6) is 5.75 Å². The van der Waals surface area contributed by atoms with Gasteiger partial charge in [0.15, 0.2) is 0 Å². The predicted octanol–water partition coefficient (Wildman–Crippen LogP) is 3.53. The monoisotopic (exact) mass is 238 g/mol. The summed E-state index contributed by atoms with van der Waals surface area (Å²) in [5.74, 6) is 0.706. The largest absolute Gasteiger partial charge is 0.496 e. The van der Waals surface area contributed by atoms with Gasteiger partial charge in [0.05, 0.1) is 7.11 Å². The standard InChI is InChI=1S/C14H19FO2/c1-3-5-13(16)7-4-6-11-10-12(15)8-9-14(11)17-2/h8-10H,3-7H2,1-2H3. The summed E-state index contributed by atoms with van der Waals surface area (Å²) < 4.78 is 18.2. The van der Waals surface area contributed by atoms with E-state index >= 15 is 0 Å². The number of aryl methyl sites for hydroxylation is 1. The Labute approximate surface area is 102 Å². The fourth-order valence-electron chi connectivity index (χ4n) is 1.82. The first-order chi connectivity index (χ1) is 8.17. The lowest BCUT2D eigenvalue weighted by atomic mass is 10.0. The van der Waals surface area contributed by atoms with Crippen molar-refractivity contribution in [1.82, 2.24) is 0 Å². The van der Waals surface area contributed by atoms with Gasteiger partial charge in [-0.2, -0.15) is 0 Å². The molecule has 0 unspecified atom stereocenters. The molecule has 0 heterocycles. The van der Waals surface area contributed by atoms with Gasteiger partial charge in [0, 0.05) is 12.8 Å². The number of hydrogen-bond acceptors (Lipinski definition) is 2. The number of ether oxygens (including phenoxy) is 1. The predicted molar refractivity (Wildman–Crippen MR) is 65.8 cm³/mol. The van der Waals surface area contributed by atoms with Crippen LogP contribution in [-0.2, 0) is 11.2 Å². The molecule has 0 amide bonds. The maximum absolute atomic E-state index is 13.1. The van der Waals surface area contributed by atoms with Gasteiger partial charge in [-0.15, -0.1) is 0 Å². The summed E-state index contributed by atoms with van der Waals surface area (Å²) in [4.78, 5) is 11.3. The van der Waals surface area contributed by atoms with Crippen molar-refractivity contribution in [2.75, 3.05) is 7.11 Å². The Morgan fingerprint density at radius 2 is 2.12 bits per heavy atom. The van der Waals surface area contributed by atoms with Crippen LogP contribution in [0, 0.1) is 5.82 Å². The van der Waals surface area contributed by atoms with Crippen molar-refractivity contribution in [1.29, 1.82) is 0 Å². The molecule has 3 heteroatoms. The number of carbonyl (C=O) groups is 1. The van der Waals surface area contributed by atoms with Crippen molar-refractivity contribution < 1.29 is 13.9 Å². The second kappa shape index (κ2) is 7.05. The Kier molecular flexibility index (Phi) is 5.67. The first-order valence-electron chi connectivity index (χ1n) is 6.01. The number of Topliss-reactive ketones (excluding diaryl/α,β-unsaturated/α-hetero) is 1. The molecule has 0 fully saturated rings. The van der Waals surface area contributed by atoms with E-state index in [2.05, 4.69) is 0 Å². The number of carbonyl (C=O) groups excluding carboxylic acids is 1. The minimum Gasteiger partial charge on any atom is -0.496 e. The smallest absolute Gasteiger partial charge is 0.132 e. The third kappa shape index (κ3) is 4.55. The molecular weight excluding hydrogens is 219 g/mol. The van der Waals surface area contributed by atoms with Crippen LogP contribution < -0.4 is 4.74 Å². The molecular formula is C14H19FO2. The van der Waals surface area contributed by atoms with E-state index in [1.54, 1.807) is 13.2 Å². The van der Waals surface area contributed by atoms with Crippen LogP contribution in [0.4, 0.5) is 4.39 Å². The van der Waals surface area contributed by atoms with Crippen molar-refractivity contribution in [2.45, 2.75) is 39.0 Å². The van der Waals surface area contributed by atoms with Gasteiger partial charge in [-0.05, 0) is 43.0 Å². The molecule has 0 saturated carbocycles. The summed E-state index contributed by atoms with van der Waals surface area (Å²) in [6.07, 6.45) is 3.52. The van der Waals surface area contributed by atoms with Gasteiger partial charge < -0.3 is 4.74 Å². The molecule has 94 valence electrons. The van der Waals surface area contributed by atoms with E-state index < -0.39 is 0 Å². The maximum Gasteiger partial charge on any atom is 0.132 e. The van der Waals surface area contributed by atoms with Crippen molar-refractivity contribution in [3.63, 3.8) is 0 Å². The zero-order chi connectivity index (χ0) is 12.7. The quantitative estimate of drug-likeness (QED) is 0.726. The molecule has 0 radical (unpaired) electrons. The number of hydrogen-bond donors (Lipinski definition) is 0. The third-order valence-corrected chi connectivity index (χ3v) is 2.67. The summed E-state index contributed by atoms with van der Waals surface area (Å²) in [5.41, 5.74) is 0.830. The minimum atomic E-state index is -0.263. The van der Waals surface area contributed by atoms with E-state index in [4.69, 9.17) is 4.74 Å². The average Bonchev–Trinajstić information content (AvgIpc) is 2.30. The zero-order valence-corrected chi connectivity index (χ0v) is 10.5. The maximum atomic E-state index is 13.1. The zero-order valence-electron chi connectivity index (χ0n) is 10.5. The highest BCUT2D eigenvalue weighted by molar-refractivity contribution is 5.78. The fourth-order valence-corrected chi connectivity index (χ4v) is 1.82. The number of methoxy groups -OCH3 is 1. The molecule has 1 aromatic rings. The van der Waals surface area contributed by atoms with Crippen molar-refractivity contribution >= 4 is 5.78 Å². The highest BCUT2D eigenvalue weighted by Crippen LogP contribution is 2.21. The molecule has 0 bridgehead atoms. The molecule has 0 spiro atoms. The van der Waals surface area contributed by atoms with Crippen molar-refractivity contribution in [3.8, 4) is 5.75 Å². The van der Waals surface area contributed by atoms with E-state index in [0.29, 0.717) is 25.0 Å². The molecule has 0 N–H and O–H groups in total.